The molecule has 0 saturated heterocycles. The summed E-state index contributed by atoms with van der Waals surface area (Å²) in [6, 6.07) is 0. The van der Waals surface area contributed by atoms with E-state index in [9.17, 15) is 14.4 Å². The van der Waals surface area contributed by atoms with Crippen LogP contribution in [0.15, 0.2) is 97.2 Å². The lowest BCUT2D eigenvalue weighted by molar-refractivity contribution is -0.167. The van der Waals surface area contributed by atoms with Crippen LogP contribution in [0.4, 0.5) is 0 Å². The number of esters is 3. The Morgan fingerprint density at radius 1 is 0.313 bits per heavy atom. The first-order valence-corrected chi connectivity index (χ1v) is 27.7. The van der Waals surface area contributed by atoms with Crippen LogP contribution in [0.1, 0.15) is 252 Å². The second kappa shape index (κ2) is 54.9. The molecular formula is C61H102O6. The highest BCUT2D eigenvalue weighted by Gasteiger charge is 2.19. The summed E-state index contributed by atoms with van der Waals surface area (Å²) < 4.78 is 16.8. The predicted molar refractivity (Wildman–Crippen MR) is 288 cm³/mol. The normalized spacial score (nSPS) is 12.8. The molecule has 6 nitrogen and oxygen atoms in total. The van der Waals surface area contributed by atoms with Crippen LogP contribution < -0.4 is 0 Å². The van der Waals surface area contributed by atoms with E-state index < -0.39 is 6.10 Å². The topological polar surface area (TPSA) is 78.9 Å². The number of allylic oxidation sites excluding steroid dienone is 16. The molecule has 0 aliphatic carbocycles. The molecule has 0 radical (unpaired) electrons. The number of ether oxygens (including phenoxy) is 3. The minimum absolute atomic E-state index is 0.107. The molecule has 0 spiro atoms. The Labute approximate surface area is 413 Å². The third-order valence-corrected chi connectivity index (χ3v) is 11.6. The van der Waals surface area contributed by atoms with Crippen LogP contribution in [-0.4, -0.2) is 37.2 Å². The van der Waals surface area contributed by atoms with Crippen molar-refractivity contribution in [2.24, 2.45) is 0 Å². The van der Waals surface area contributed by atoms with E-state index >= 15 is 0 Å². The quantitative estimate of drug-likeness (QED) is 0.0262. The predicted octanol–water partition coefficient (Wildman–Crippen LogP) is 18.5. The minimum atomic E-state index is -0.817. The van der Waals surface area contributed by atoms with Gasteiger partial charge in [0.25, 0.3) is 0 Å². The van der Waals surface area contributed by atoms with Crippen molar-refractivity contribution >= 4 is 17.9 Å². The molecule has 0 heterocycles. The SMILES string of the molecule is CC/C=C\C/C=C\C/C=C\C/C=C\C/C=C\CCCCCC(=O)OC[C@H](COC(=O)CCCCCCCCCCCCCCC)OC(=O)CCC/C=C\C/C=C\C/C=C\CCCCCCCC. The molecule has 0 aromatic heterocycles. The maximum Gasteiger partial charge on any atom is 0.306 e. The van der Waals surface area contributed by atoms with E-state index in [-0.39, 0.29) is 37.5 Å². The van der Waals surface area contributed by atoms with E-state index in [0.717, 1.165) is 96.3 Å². The van der Waals surface area contributed by atoms with Gasteiger partial charge in [-0.2, -0.15) is 0 Å². The molecule has 0 aliphatic heterocycles. The molecule has 0 N–H and O–H groups in total. The van der Waals surface area contributed by atoms with Crippen LogP contribution in [-0.2, 0) is 28.6 Å². The highest BCUT2D eigenvalue weighted by Crippen LogP contribution is 2.14. The smallest absolute Gasteiger partial charge is 0.306 e. The fraction of sp³-hybridized carbons (Fsp3) is 0.689. The van der Waals surface area contributed by atoms with Gasteiger partial charge in [-0.25, -0.2) is 0 Å². The van der Waals surface area contributed by atoms with Gasteiger partial charge in [-0.15, -0.1) is 0 Å². The lowest BCUT2D eigenvalue weighted by Gasteiger charge is -2.18. The van der Waals surface area contributed by atoms with Crippen LogP contribution in [0.5, 0.6) is 0 Å². The number of hydrogen-bond donors (Lipinski definition) is 0. The Kier molecular flexibility index (Phi) is 51.9. The van der Waals surface area contributed by atoms with Crippen molar-refractivity contribution in [3.05, 3.63) is 97.2 Å². The van der Waals surface area contributed by atoms with Crippen LogP contribution in [0.3, 0.4) is 0 Å². The van der Waals surface area contributed by atoms with Crippen molar-refractivity contribution < 1.29 is 28.6 Å². The zero-order valence-corrected chi connectivity index (χ0v) is 43.6. The highest BCUT2D eigenvalue weighted by molar-refractivity contribution is 5.71. The van der Waals surface area contributed by atoms with Crippen LogP contribution in [0.2, 0.25) is 0 Å². The zero-order chi connectivity index (χ0) is 48.6. The van der Waals surface area contributed by atoms with Gasteiger partial charge in [-0.05, 0) is 96.3 Å². The van der Waals surface area contributed by atoms with Gasteiger partial charge >= 0.3 is 17.9 Å². The van der Waals surface area contributed by atoms with E-state index in [4.69, 9.17) is 14.2 Å². The molecule has 6 heteroatoms. The first-order valence-electron chi connectivity index (χ1n) is 27.7. The summed E-state index contributed by atoms with van der Waals surface area (Å²) in [5.74, 6) is -0.992. The number of carbonyl (C=O) groups excluding carboxylic acids is 3. The van der Waals surface area contributed by atoms with Crippen molar-refractivity contribution in [3.63, 3.8) is 0 Å². The van der Waals surface area contributed by atoms with Gasteiger partial charge in [0.1, 0.15) is 13.2 Å². The standard InChI is InChI=1S/C61H102O6/c1-4-7-10-13-16-19-22-25-27-29-30-32-33-36-39-42-45-48-51-54-60(63)66-57-58(56-65-59(62)53-50-47-44-41-38-35-24-21-18-15-12-9-6-3)67-61(64)55-52-49-46-43-40-37-34-31-28-26-23-20-17-14-11-8-5-2/h7,10,16,19,25-28,30,32,34,36-37,39,43,46,58H,4-6,8-9,11-15,17-18,20-24,29,31,33,35,38,40-42,44-45,47-57H2,1-3H3/b10-7-,19-16-,27-25-,28-26-,32-30-,37-34-,39-36-,46-43-/t58-/m0/s1. The molecule has 1 atom stereocenters. The second-order valence-electron chi connectivity index (χ2n) is 18.1. The maximum absolute atomic E-state index is 12.8. The molecule has 0 rings (SSSR count). The van der Waals surface area contributed by atoms with Crippen molar-refractivity contribution in [3.8, 4) is 0 Å². The minimum Gasteiger partial charge on any atom is -0.462 e. The number of rotatable bonds is 49. The van der Waals surface area contributed by atoms with Crippen LogP contribution >= 0.6 is 0 Å². The Hall–Kier alpha value is -3.67. The second-order valence-corrected chi connectivity index (χ2v) is 18.1. The van der Waals surface area contributed by atoms with Crippen LogP contribution in [0, 0.1) is 0 Å². The molecule has 0 aromatic carbocycles. The Bertz CT molecular complexity index is 1350. The molecule has 0 bridgehead atoms. The Morgan fingerprint density at radius 2 is 0.597 bits per heavy atom. The Balaban J connectivity index is 4.52. The molecule has 382 valence electrons. The van der Waals surface area contributed by atoms with Gasteiger partial charge < -0.3 is 14.2 Å². The van der Waals surface area contributed by atoms with E-state index in [1.807, 2.05) is 0 Å². The van der Waals surface area contributed by atoms with Gasteiger partial charge in [0.05, 0.1) is 0 Å². The van der Waals surface area contributed by atoms with E-state index in [1.165, 1.54) is 109 Å². The van der Waals surface area contributed by atoms with Gasteiger partial charge in [-0.1, -0.05) is 234 Å². The molecule has 0 aromatic rings. The molecule has 0 saturated carbocycles. The van der Waals surface area contributed by atoms with Gasteiger partial charge in [0.2, 0.25) is 0 Å². The van der Waals surface area contributed by atoms with Crippen LogP contribution in [0.25, 0.3) is 0 Å². The molecule has 0 amide bonds. The third-order valence-electron chi connectivity index (χ3n) is 11.6. The molecular weight excluding hydrogens is 829 g/mol. The van der Waals surface area contributed by atoms with Gasteiger partial charge in [0.15, 0.2) is 6.10 Å². The van der Waals surface area contributed by atoms with Crippen molar-refractivity contribution in [1.29, 1.82) is 0 Å². The number of unbranched alkanes of at least 4 members (excludes halogenated alkanes) is 22. The Morgan fingerprint density at radius 3 is 0.970 bits per heavy atom. The summed E-state index contributed by atoms with van der Waals surface area (Å²) in [6.07, 6.45) is 72.6. The summed E-state index contributed by atoms with van der Waals surface area (Å²) in [5.41, 5.74) is 0. The average Bonchev–Trinajstić information content (AvgIpc) is 3.33. The number of hydrogen-bond acceptors (Lipinski definition) is 6. The lowest BCUT2D eigenvalue weighted by Crippen LogP contribution is -2.30. The summed E-state index contributed by atoms with van der Waals surface area (Å²) in [7, 11) is 0. The molecule has 0 fully saturated rings. The fourth-order valence-electron chi connectivity index (χ4n) is 7.43. The van der Waals surface area contributed by atoms with Gasteiger partial charge in [0, 0.05) is 19.3 Å². The zero-order valence-electron chi connectivity index (χ0n) is 43.6. The van der Waals surface area contributed by atoms with E-state index in [1.54, 1.807) is 0 Å². The molecule has 0 unspecified atom stereocenters. The van der Waals surface area contributed by atoms with E-state index in [2.05, 4.69) is 118 Å². The maximum atomic E-state index is 12.8. The highest BCUT2D eigenvalue weighted by atomic mass is 16.6. The molecule has 67 heavy (non-hydrogen) atoms. The first-order chi connectivity index (χ1) is 33.0. The molecule has 0 aliphatic rings. The largest absolute Gasteiger partial charge is 0.462 e. The first kappa shape index (κ1) is 63.3. The van der Waals surface area contributed by atoms with Crippen molar-refractivity contribution in [2.45, 2.75) is 258 Å². The monoisotopic (exact) mass is 931 g/mol. The summed E-state index contributed by atoms with van der Waals surface area (Å²) in [4.78, 5) is 38.1. The van der Waals surface area contributed by atoms with Crippen molar-refractivity contribution in [1.82, 2.24) is 0 Å². The third kappa shape index (κ3) is 53.2. The summed E-state index contributed by atoms with van der Waals surface area (Å²) in [5, 5.41) is 0. The lowest BCUT2D eigenvalue weighted by atomic mass is 10.0. The average molecular weight is 931 g/mol. The summed E-state index contributed by atoms with van der Waals surface area (Å²) >= 11 is 0. The van der Waals surface area contributed by atoms with Crippen molar-refractivity contribution in [2.75, 3.05) is 13.2 Å². The van der Waals surface area contributed by atoms with Gasteiger partial charge in [-0.3, -0.25) is 14.4 Å². The van der Waals surface area contributed by atoms with E-state index in [0.29, 0.717) is 19.3 Å². The summed E-state index contributed by atoms with van der Waals surface area (Å²) in [6.45, 7) is 6.45. The fourth-order valence-corrected chi connectivity index (χ4v) is 7.43. The number of carbonyl (C=O) groups is 3.